The van der Waals surface area contributed by atoms with Gasteiger partial charge in [0.15, 0.2) is 6.61 Å². The van der Waals surface area contributed by atoms with Crippen molar-refractivity contribution >= 4 is 34.0 Å². The van der Waals surface area contributed by atoms with Crippen LogP contribution >= 0.6 is 11.3 Å². The third-order valence-electron chi connectivity index (χ3n) is 4.19. The highest BCUT2D eigenvalue weighted by molar-refractivity contribution is 7.15. The van der Waals surface area contributed by atoms with E-state index in [2.05, 4.69) is 15.4 Å². The number of hydrogen-bond donors (Lipinski definition) is 1. The molecule has 0 aliphatic heterocycles. The van der Waals surface area contributed by atoms with Gasteiger partial charge in [0, 0.05) is 5.56 Å². The van der Waals surface area contributed by atoms with Gasteiger partial charge in [-0.05, 0) is 24.3 Å². The molecule has 7 nitrogen and oxygen atoms in total. The SMILES string of the molecule is O=C(COc1ccccc1/C=c1\sc2ncnn2c1=O)Nc1ccccc1C(F)(F)F. The van der Waals surface area contributed by atoms with Gasteiger partial charge in [0.25, 0.3) is 11.5 Å². The number of anilines is 1. The van der Waals surface area contributed by atoms with Gasteiger partial charge >= 0.3 is 6.18 Å². The van der Waals surface area contributed by atoms with E-state index in [0.29, 0.717) is 20.8 Å². The molecule has 158 valence electrons. The lowest BCUT2D eigenvalue weighted by Gasteiger charge is -2.14. The summed E-state index contributed by atoms with van der Waals surface area (Å²) in [6.45, 7) is -0.517. The molecule has 31 heavy (non-hydrogen) atoms. The van der Waals surface area contributed by atoms with E-state index in [1.54, 1.807) is 30.3 Å². The Balaban J connectivity index is 1.52. The second kappa shape index (κ2) is 8.19. The van der Waals surface area contributed by atoms with Crippen molar-refractivity contribution in [3.05, 3.63) is 80.9 Å². The van der Waals surface area contributed by atoms with Gasteiger partial charge in [0.2, 0.25) is 4.96 Å². The minimum absolute atomic E-state index is 0.292. The van der Waals surface area contributed by atoms with Gasteiger partial charge in [-0.2, -0.15) is 22.8 Å². The first-order chi connectivity index (χ1) is 14.8. The minimum Gasteiger partial charge on any atom is -0.483 e. The van der Waals surface area contributed by atoms with Crippen LogP contribution in [0, 0.1) is 0 Å². The van der Waals surface area contributed by atoms with Gasteiger partial charge in [-0.25, -0.2) is 4.98 Å². The number of carbonyl (C=O) groups excluding carboxylic acids is 1. The van der Waals surface area contributed by atoms with Gasteiger partial charge < -0.3 is 10.1 Å². The number of hydrogen-bond acceptors (Lipinski definition) is 6. The van der Waals surface area contributed by atoms with E-state index in [1.807, 2.05) is 0 Å². The van der Waals surface area contributed by atoms with Crippen molar-refractivity contribution in [1.82, 2.24) is 14.6 Å². The molecule has 2 heterocycles. The highest BCUT2D eigenvalue weighted by Crippen LogP contribution is 2.34. The third kappa shape index (κ3) is 4.40. The van der Waals surface area contributed by atoms with Gasteiger partial charge in [-0.15, -0.1) is 0 Å². The second-order valence-electron chi connectivity index (χ2n) is 6.29. The average molecular weight is 446 g/mol. The van der Waals surface area contributed by atoms with E-state index in [-0.39, 0.29) is 11.2 Å². The number of rotatable bonds is 5. The van der Waals surface area contributed by atoms with Crippen LogP contribution in [0.25, 0.3) is 11.0 Å². The zero-order chi connectivity index (χ0) is 22.0. The molecule has 2 aromatic heterocycles. The highest BCUT2D eigenvalue weighted by Gasteiger charge is 2.33. The van der Waals surface area contributed by atoms with Crippen molar-refractivity contribution in [1.29, 1.82) is 0 Å². The maximum absolute atomic E-state index is 13.1. The molecular formula is C20H13F3N4O3S. The Morgan fingerprint density at radius 2 is 1.90 bits per heavy atom. The van der Waals surface area contributed by atoms with Crippen LogP contribution in [0.5, 0.6) is 5.75 Å². The summed E-state index contributed by atoms with van der Waals surface area (Å²) in [7, 11) is 0. The number of benzene rings is 2. The second-order valence-corrected chi connectivity index (χ2v) is 7.30. The average Bonchev–Trinajstić information content (AvgIpc) is 3.30. The van der Waals surface area contributed by atoms with Crippen LogP contribution in [0.3, 0.4) is 0 Å². The van der Waals surface area contributed by atoms with Crippen LogP contribution in [-0.4, -0.2) is 27.1 Å². The van der Waals surface area contributed by atoms with Crippen LogP contribution in [-0.2, 0) is 11.0 Å². The Labute approximate surface area is 176 Å². The Kier molecular flexibility index (Phi) is 5.42. The molecule has 2 aromatic carbocycles. The first-order valence-electron chi connectivity index (χ1n) is 8.85. The van der Waals surface area contributed by atoms with Crippen LogP contribution in [0.2, 0.25) is 0 Å². The fourth-order valence-electron chi connectivity index (χ4n) is 2.82. The van der Waals surface area contributed by atoms with Crippen molar-refractivity contribution in [3.8, 4) is 5.75 Å². The van der Waals surface area contributed by atoms with Crippen LogP contribution in [0.15, 0.2) is 59.7 Å². The number of aromatic nitrogens is 3. The molecule has 0 saturated carbocycles. The van der Waals surface area contributed by atoms with Crippen molar-refractivity contribution < 1.29 is 22.7 Å². The number of halogens is 3. The molecule has 0 spiro atoms. The topological polar surface area (TPSA) is 85.6 Å². The lowest BCUT2D eigenvalue weighted by Crippen LogP contribution is -2.24. The molecule has 4 rings (SSSR count). The third-order valence-corrected chi connectivity index (χ3v) is 5.17. The fourth-order valence-corrected chi connectivity index (χ4v) is 3.69. The molecule has 0 fully saturated rings. The summed E-state index contributed by atoms with van der Waals surface area (Å²) in [4.78, 5) is 28.9. The summed E-state index contributed by atoms with van der Waals surface area (Å²) < 4.78 is 46.3. The predicted molar refractivity (Wildman–Crippen MR) is 108 cm³/mol. The Bertz CT molecular complexity index is 1360. The number of fused-ring (bicyclic) bond motifs is 1. The van der Waals surface area contributed by atoms with E-state index >= 15 is 0 Å². The molecule has 1 amide bonds. The first-order valence-corrected chi connectivity index (χ1v) is 9.67. The standard InChI is InChI=1S/C20H13F3N4O3S/c21-20(22,23)13-6-2-3-7-14(13)26-17(28)10-30-15-8-4-1-5-12(15)9-16-18(29)27-19(31-16)24-11-25-27/h1-9,11H,10H2,(H,26,28)/b16-9-. The number of nitrogens with zero attached hydrogens (tertiary/aromatic N) is 3. The molecule has 0 radical (unpaired) electrons. The van der Waals surface area contributed by atoms with Crippen molar-refractivity contribution in [2.45, 2.75) is 6.18 Å². The maximum Gasteiger partial charge on any atom is 0.418 e. The summed E-state index contributed by atoms with van der Waals surface area (Å²) in [5.41, 5.74) is -1.12. The number of nitrogens with one attached hydrogen (secondary N) is 1. The zero-order valence-corrected chi connectivity index (χ0v) is 16.4. The molecule has 11 heteroatoms. The molecule has 0 atom stereocenters. The summed E-state index contributed by atoms with van der Waals surface area (Å²) in [5, 5.41) is 6.06. The smallest absolute Gasteiger partial charge is 0.418 e. The Morgan fingerprint density at radius 1 is 1.16 bits per heavy atom. The lowest BCUT2D eigenvalue weighted by atomic mass is 10.1. The summed E-state index contributed by atoms with van der Waals surface area (Å²) in [6, 6.07) is 11.3. The van der Waals surface area contributed by atoms with Crippen molar-refractivity contribution in [3.63, 3.8) is 0 Å². The van der Waals surface area contributed by atoms with Crippen LogP contribution in [0.1, 0.15) is 11.1 Å². The molecule has 0 aliphatic rings. The van der Waals surface area contributed by atoms with E-state index in [0.717, 1.165) is 17.4 Å². The summed E-state index contributed by atoms with van der Waals surface area (Å²) in [5.74, 6) is -0.463. The normalized spacial score (nSPS) is 12.3. The molecule has 4 aromatic rings. The molecule has 0 unspecified atom stereocenters. The molecule has 0 aliphatic carbocycles. The molecule has 0 saturated heterocycles. The number of carbonyl (C=O) groups is 1. The fraction of sp³-hybridized carbons (Fsp3) is 0.100. The van der Waals surface area contributed by atoms with Crippen molar-refractivity contribution in [2.24, 2.45) is 0 Å². The highest BCUT2D eigenvalue weighted by atomic mass is 32.1. The maximum atomic E-state index is 13.1. The largest absolute Gasteiger partial charge is 0.483 e. The van der Waals surface area contributed by atoms with Gasteiger partial charge in [0.05, 0.1) is 15.8 Å². The van der Waals surface area contributed by atoms with Crippen molar-refractivity contribution in [2.75, 3.05) is 11.9 Å². The predicted octanol–water partition coefficient (Wildman–Crippen LogP) is 2.74. The number of thiazole rings is 1. The van der Waals surface area contributed by atoms with E-state index in [4.69, 9.17) is 4.74 Å². The number of amides is 1. The molecular weight excluding hydrogens is 433 g/mol. The number of ether oxygens (including phenoxy) is 1. The summed E-state index contributed by atoms with van der Waals surface area (Å²) >= 11 is 1.14. The number of para-hydroxylation sites is 2. The Morgan fingerprint density at radius 3 is 2.68 bits per heavy atom. The monoisotopic (exact) mass is 446 g/mol. The van der Waals surface area contributed by atoms with Gasteiger partial charge in [-0.1, -0.05) is 41.7 Å². The molecule has 0 bridgehead atoms. The van der Waals surface area contributed by atoms with Gasteiger partial charge in [0.1, 0.15) is 12.1 Å². The van der Waals surface area contributed by atoms with E-state index in [1.165, 1.54) is 29.0 Å². The number of alkyl halides is 3. The van der Waals surface area contributed by atoms with E-state index < -0.39 is 24.3 Å². The minimum atomic E-state index is -4.60. The lowest BCUT2D eigenvalue weighted by molar-refractivity contribution is -0.137. The zero-order valence-electron chi connectivity index (χ0n) is 15.6. The molecule has 1 N–H and O–H groups in total. The quantitative estimate of drug-likeness (QED) is 0.510. The van der Waals surface area contributed by atoms with E-state index in [9.17, 15) is 22.8 Å². The van der Waals surface area contributed by atoms with Gasteiger partial charge in [-0.3, -0.25) is 9.59 Å². The van der Waals surface area contributed by atoms with Crippen LogP contribution in [0.4, 0.5) is 18.9 Å². The first kappa shape index (κ1) is 20.5. The summed E-state index contributed by atoms with van der Waals surface area (Å²) in [6.07, 6.45) is -1.74. The Hall–Kier alpha value is -3.73. The van der Waals surface area contributed by atoms with Crippen LogP contribution < -0.4 is 20.1 Å².